The zero-order valence-electron chi connectivity index (χ0n) is 13.9. The smallest absolute Gasteiger partial charge is 0.227 e. The largest absolute Gasteiger partial charge is 0.354 e. The topological polar surface area (TPSA) is 108 Å². The first-order chi connectivity index (χ1) is 12.0. The molecule has 4 rings (SSSR count). The van der Waals surface area contributed by atoms with E-state index in [1.54, 1.807) is 6.20 Å². The van der Waals surface area contributed by atoms with Gasteiger partial charge < -0.3 is 20.4 Å². The minimum Gasteiger partial charge on any atom is -0.354 e. The molecule has 3 aliphatic rings. The Kier molecular flexibility index (Phi) is 4.24. The minimum absolute atomic E-state index is 0.0414. The number of anilines is 2. The summed E-state index contributed by atoms with van der Waals surface area (Å²) in [5, 5.41) is 6.15. The van der Waals surface area contributed by atoms with Gasteiger partial charge >= 0.3 is 0 Å². The van der Waals surface area contributed by atoms with Gasteiger partial charge in [-0.15, -0.1) is 0 Å². The van der Waals surface area contributed by atoms with Gasteiger partial charge in [0.1, 0.15) is 5.82 Å². The fourth-order valence-electron chi connectivity index (χ4n) is 3.77. The Bertz CT molecular complexity index is 770. The van der Waals surface area contributed by atoms with Crippen LogP contribution in [0.5, 0.6) is 0 Å². The Balaban J connectivity index is 1.57. The van der Waals surface area contributed by atoms with Gasteiger partial charge in [0.2, 0.25) is 11.9 Å². The highest BCUT2D eigenvalue weighted by atomic mass is 32.2. The van der Waals surface area contributed by atoms with Crippen LogP contribution in [-0.2, 0) is 14.6 Å². The molecule has 25 heavy (non-hydrogen) atoms. The number of hydrogen-bond donors (Lipinski definition) is 2. The Labute approximate surface area is 146 Å². The highest BCUT2D eigenvalue weighted by molar-refractivity contribution is 7.91. The Morgan fingerprint density at radius 1 is 1.16 bits per heavy atom. The van der Waals surface area contributed by atoms with E-state index in [4.69, 9.17) is 0 Å². The van der Waals surface area contributed by atoms with Crippen molar-refractivity contribution in [3.8, 4) is 0 Å². The van der Waals surface area contributed by atoms with E-state index < -0.39 is 9.84 Å². The lowest BCUT2D eigenvalue weighted by Gasteiger charge is -2.38. The molecule has 4 heterocycles. The molecule has 0 spiro atoms. The summed E-state index contributed by atoms with van der Waals surface area (Å²) in [6.45, 7) is 3.27. The molecule has 3 fully saturated rings. The number of nitrogens with zero attached hydrogens (tertiary/aromatic N) is 4. The van der Waals surface area contributed by atoms with E-state index in [0.29, 0.717) is 38.5 Å². The molecule has 0 saturated carbocycles. The molecule has 2 atom stereocenters. The van der Waals surface area contributed by atoms with E-state index in [-0.39, 0.29) is 29.5 Å². The summed E-state index contributed by atoms with van der Waals surface area (Å²) in [5.74, 6) is 1.73. The molecule has 0 bridgehead atoms. The predicted octanol–water partition coefficient (Wildman–Crippen LogP) is -1.62. The van der Waals surface area contributed by atoms with Gasteiger partial charge in [-0.1, -0.05) is 0 Å². The number of nitrogens with one attached hydrogen (secondary N) is 2. The summed E-state index contributed by atoms with van der Waals surface area (Å²) >= 11 is 0. The summed E-state index contributed by atoms with van der Waals surface area (Å²) < 4.78 is 24.0. The molecular formula is C15H22N6O3S. The Morgan fingerprint density at radius 2 is 2.04 bits per heavy atom. The van der Waals surface area contributed by atoms with E-state index in [2.05, 4.69) is 25.5 Å². The Hall–Kier alpha value is -1.94. The maximum atomic E-state index is 12.0. The zero-order chi connectivity index (χ0) is 17.4. The highest BCUT2D eigenvalue weighted by Gasteiger charge is 2.43. The summed E-state index contributed by atoms with van der Waals surface area (Å²) in [6, 6.07) is 1.70. The minimum atomic E-state index is -3.02. The third kappa shape index (κ3) is 3.40. The van der Waals surface area contributed by atoms with Crippen molar-refractivity contribution < 1.29 is 13.2 Å². The van der Waals surface area contributed by atoms with Crippen LogP contribution >= 0.6 is 0 Å². The van der Waals surface area contributed by atoms with Gasteiger partial charge in [0.25, 0.3) is 0 Å². The van der Waals surface area contributed by atoms with Gasteiger partial charge in [-0.25, -0.2) is 13.4 Å². The monoisotopic (exact) mass is 366 g/mol. The van der Waals surface area contributed by atoms with Crippen LogP contribution in [0.2, 0.25) is 0 Å². The molecule has 0 aromatic carbocycles. The number of amides is 1. The van der Waals surface area contributed by atoms with Gasteiger partial charge in [-0.3, -0.25) is 4.79 Å². The fourth-order valence-corrected chi connectivity index (χ4v) is 5.73. The van der Waals surface area contributed by atoms with Gasteiger partial charge in [-0.2, -0.15) is 4.98 Å². The lowest BCUT2D eigenvalue weighted by Crippen LogP contribution is -2.57. The van der Waals surface area contributed by atoms with Gasteiger partial charge in [0.15, 0.2) is 9.84 Å². The first-order valence-electron chi connectivity index (χ1n) is 8.57. The Morgan fingerprint density at radius 3 is 2.92 bits per heavy atom. The molecule has 1 aromatic rings. The quantitative estimate of drug-likeness (QED) is 0.643. The first kappa shape index (κ1) is 16.5. The number of rotatable bonds is 2. The molecule has 0 unspecified atom stereocenters. The number of carbonyl (C=O) groups excluding carboxylic acids is 1. The number of carbonyl (C=O) groups is 1. The molecule has 136 valence electrons. The van der Waals surface area contributed by atoms with Crippen molar-refractivity contribution in [2.24, 2.45) is 0 Å². The van der Waals surface area contributed by atoms with Crippen LogP contribution in [-0.4, -0.2) is 80.6 Å². The fraction of sp³-hybridized carbons (Fsp3) is 0.667. The lowest BCUT2D eigenvalue weighted by molar-refractivity contribution is -0.120. The SMILES string of the molecule is O=C1CCN(c2nccc(N3CCN[C@@H]4CS(=O)(=O)C[C@@H]43)n2)CCN1. The number of fused-ring (bicyclic) bond motifs is 1. The summed E-state index contributed by atoms with van der Waals surface area (Å²) in [4.78, 5) is 24.6. The summed E-state index contributed by atoms with van der Waals surface area (Å²) in [7, 11) is -3.02. The van der Waals surface area contributed by atoms with Gasteiger partial charge in [0.05, 0.1) is 17.5 Å². The van der Waals surface area contributed by atoms with Crippen LogP contribution < -0.4 is 20.4 Å². The predicted molar refractivity (Wildman–Crippen MR) is 93.5 cm³/mol. The lowest BCUT2D eigenvalue weighted by atomic mass is 10.1. The molecule has 3 saturated heterocycles. The van der Waals surface area contributed by atoms with E-state index in [0.717, 1.165) is 12.4 Å². The van der Waals surface area contributed by atoms with Crippen LogP contribution in [0, 0.1) is 0 Å². The average Bonchev–Trinajstić information content (AvgIpc) is 2.75. The van der Waals surface area contributed by atoms with E-state index in [1.165, 1.54) is 0 Å². The second-order valence-corrected chi connectivity index (χ2v) is 8.85. The van der Waals surface area contributed by atoms with Crippen molar-refractivity contribution >= 4 is 27.5 Å². The number of piperazine rings is 1. The van der Waals surface area contributed by atoms with Gasteiger partial charge in [0, 0.05) is 51.4 Å². The number of sulfone groups is 1. The molecule has 0 radical (unpaired) electrons. The van der Waals surface area contributed by atoms with Crippen molar-refractivity contribution in [3.05, 3.63) is 12.3 Å². The molecular weight excluding hydrogens is 344 g/mol. The molecule has 1 amide bonds. The van der Waals surface area contributed by atoms with Crippen LogP contribution in [0.1, 0.15) is 6.42 Å². The second-order valence-electron chi connectivity index (χ2n) is 6.70. The normalized spacial score (nSPS) is 29.0. The number of aromatic nitrogens is 2. The van der Waals surface area contributed by atoms with E-state index in [9.17, 15) is 13.2 Å². The van der Waals surface area contributed by atoms with Crippen molar-refractivity contribution in [1.29, 1.82) is 0 Å². The highest BCUT2D eigenvalue weighted by Crippen LogP contribution is 2.26. The third-order valence-electron chi connectivity index (χ3n) is 5.00. The molecule has 9 nitrogen and oxygen atoms in total. The van der Waals surface area contributed by atoms with Crippen LogP contribution in [0.4, 0.5) is 11.8 Å². The molecule has 2 N–H and O–H groups in total. The maximum absolute atomic E-state index is 12.0. The second kappa shape index (κ2) is 6.41. The molecule has 1 aromatic heterocycles. The van der Waals surface area contributed by atoms with Crippen molar-refractivity contribution in [3.63, 3.8) is 0 Å². The van der Waals surface area contributed by atoms with Gasteiger partial charge in [-0.05, 0) is 6.07 Å². The van der Waals surface area contributed by atoms with Crippen LogP contribution in [0.15, 0.2) is 12.3 Å². The standard InChI is InChI=1S/C15H22N6O3S/c22-14-2-6-20(7-4-17-14)15-18-3-1-13(19-15)21-8-5-16-11-9-25(23,24)10-12(11)21/h1,3,11-12,16H,2,4-10H2,(H,17,22)/t11-,12+/m1/s1. The van der Waals surface area contributed by atoms with Crippen LogP contribution in [0.25, 0.3) is 0 Å². The third-order valence-corrected chi connectivity index (χ3v) is 6.72. The maximum Gasteiger partial charge on any atom is 0.227 e. The summed E-state index contributed by atoms with van der Waals surface area (Å²) in [6.07, 6.45) is 2.13. The molecule has 0 aliphatic carbocycles. The van der Waals surface area contributed by atoms with Crippen molar-refractivity contribution in [1.82, 2.24) is 20.6 Å². The number of hydrogen-bond acceptors (Lipinski definition) is 8. The average molecular weight is 366 g/mol. The first-order valence-corrected chi connectivity index (χ1v) is 10.4. The summed E-state index contributed by atoms with van der Waals surface area (Å²) in [5.41, 5.74) is 0. The zero-order valence-corrected chi connectivity index (χ0v) is 14.7. The van der Waals surface area contributed by atoms with Crippen molar-refractivity contribution in [2.75, 3.05) is 54.0 Å². The molecule has 3 aliphatic heterocycles. The van der Waals surface area contributed by atoms with Crippen LogP contribution in [0.3, 0.4) is 0 Å². The van der Waals surface area contributed by atoms with E-state index in [1.807, 2.05) is 11.0 Å². The molecule has 10 heteroatoms. The van der Waals surface area contributed by atoms with E-state index >= 15 is 0 Å². The van der Waals surface area contributed by atoms with Crippen molar-refractivity contribution in [2.45, 2.75) is 18.5 Å².